The van der Waals surface area contributed by atoms with E-state index < -0.39 is 0 Å². The number of amides is 1. The van der Waals surface area contributed by atoms with Gasteiger partial charge in [-0.3, -0.25) is 9.36 Å². The number of nitrogens with one attached hydrogen (secondary N) is 1. The lowest BCUT2D eigenvalue weighted by atomic mass is 10.1. The highest BCUT2D eigenvalue weighted by atomic mass is 35.5. The van der Waals surface area contributed by atoms with Crippen LogP contribution in [0, 0.1) is 6.92 Å². The number of nitrogens with zero attached hydrogens (tertiary/aromatic N) is 4. The summed E-state index contributed by atoms with van der Waals surface area (Å²) < 4.78 is 1.95. The third kappa shape index (κ3) is 5.67. The maximum absolute atomic E-state index is 12.5. The van der Waals surface area contributed by atoms with Crippen LogP contribution in [0.2, 0.25) is 10.0 Å². The van der Waals surface area contributed by atoms with Crippen LogP contribution >= 0.6 is 35.0 Å². The van der Waals surface area contributed by atoms with E-state index in [1.54, 1.807) is 25.1 Å². The average molecular weight is 510 g/mol. The number of carbonyl (C=O) groups excluding carboxylic acids is 1. The summed E-state index contributed by atoms with van der Waals surface area (Å²) in [5.74, 6) is 0.554. The molecule has 1 N–H and O–H groups in total. The summed E-state index contributed by atoms with van der Waals surface area (Å²) in [5, 5.41) is 14.6. The van der Waals surface area contributed by atoms with Gasteiger partial charge in [0.2, 0.25) is 0 Å². The number of benzene rings is 3. The zero-order valence-electron chi connectivity index (χ0n) is 18.5. The number of carbonyl (C=O) groups is 1. The smallest absolute Gasteiger partial charge is 0.250 e. The van der Waals surface area contributed by atoms with E-state index in [0.717, 1.165) is 16.8 Å². The first-order chi connectivity index (χ1) is 16.4. The standard InChI is InChI=1S/C25H21Cl2N5OS/c1-16-8-10-18(11-9-16)24-30-31-25(32(24)20-6-4-3-5-7-20)34-15-23(33)29-28-17(2)21-13-12-19(26)14-22(21)27/h3-14H,15H2,1-2H3,(H,29,33)/b28-17-. The van der Waals surface area contributed by atoms with Crippen molar-refractivity contribution in [2.45, 2.75) is 19.0 Å². The molecule has 0 aliphatic heterocycles. The molecule has 0 bridgehead atoms. The van der Waals surface area contributed by atoms with Crippen molar-refractivity contribution in [1.29, 1.82) is 0 Å². The lowest BCUT2D eigenvalue weighted by Gasteiger charge is -2.10. The van der Waals surface area contributed by atoms with Crippen molar-refractivity contribution in [3.05, 3.63) is 94.0 Å². The molecule has 0 unspecified atom stereocenters. The minimum Gasteiger partial charge on any atom is -0.272 e. The second-order valence-corrected chi connectivity index (χ2v) is 9.27. The summed E-state index contributed by atoms with van der Waals surface area (Å²) in [4.78, 5) is 12.5. The number of hydrazone groups is 1. The normalized spacial score (nSPS) is 11.5. The Morgan fingerprint density at radius 3 is 2.47 bits per heavy atom. The highest BCUT2D eigenvalue weighted by molar-refractivity contribution is 7.99. The SMILES string of the molecule is C/C(=N/NC(=O)CSc1nnc(-c2ccc(C)cc2)n1-c1ccccc1)c1ccc(Cl)cc1Cl. The summed E-state index contributed by atoms with van der Waals surface area (Å²) in [6.07, 6.45) is 0. The molecule has 0 atom stereocenters. The lowest BCUT2D eigenvalue weighted by molar-refractivity contribution is -0.118. The molecule has 9 heteroatoms. The molecule has 0 aliphatic rings. The molecule has 1 aromatic heterocycles. The van der Waals surface area contributed by atoms with E-state index in [2.05, 4.69) is 20.7 Å². The quantitative estimate of drug-likeness (QED) is 0.183. The van der Waals surface area contributed by atoms with Crippen molar-refractivity contribution in [2.75, 3.05) is 5.75 Å². The van der Waals surface area contributed by atoms with Gasteiger partial charge in [0.05, 0.1) is 16.5 Å². The van der Waals surface area contributed by atoms with Crippen LogP contribution in [-0.4, -0.2) is 32.1 Å². The van der Waals surface area contributed by atoms with Crippen molar-refractivity contribution >= 4 is 46.6 Å². The molecule has 1 heterocycles. The Kier molecular flexibility index (Phi) is 7.67. The molecule has 34 heavy (non-hydrogen) atoms. The Balaban J connectivity index is 1.51. The van der Waals surface area contributed by atoms with Crippen LogP contribution in [0.5, 0.6) is 0 Å². The molecule has 0 radical (unpaired) electrons. The van der Waals surface area contributed by atoms with Crippen molar-refractivity contribution < 1.29 is 4.79 Å². The molecule has 0 spiro atoms. The zero-order chi connectivity index (χ0) is 24.1. The van der Waals surface area contributed by atoms with Gasteiger partial charge in [-0.1, -0.05) is 89.1 Å². The van der Waals surface area contributed by atoms with Crippen molar-refractivity contribution in [3.63, 3.8) is 0 Å². The Hall–Kier alpha value is -3.13. The summed E-state index contributed by atoms with van der Waals surface area (Å²) in [7, 11) is 0. The fourth-order valence-corrected chi connectivity index (χ4v) is 4.50. The highest BCUT2D eigenvalue weighted by Gasteiger charge is 2.17. The number of hydrogen-bond donors (Lipinski definition) is 1. The first-order valence-electron chi connectivity index (χ1n) is 10.4. The van der Waals surface area contributed by atoms with Gasteiger partial charge in [-0.15, -0.1) is 10.2 Å². The van der Waals surface area contributed by atoms with E-state index in [0.29, 0.717) is 32.3 Å². The van der Waals surface area contributed by atoms with Crippen LogP contribution in [0.4, 0.5) is 0 Å². The summed E-state index contributed by atoms with van der Waals surface area (Å²) in [5.41, 5.74) is 6.87. The predicted molar refractivity (Wildman–Crippen MR) is 139 cm³/mol. The number of aromatic nitrogens is 3. The van der Waals surface area contributed by atoms with Crippen LogP contribution in [0.25, 0.3) is 17.1 Å². The number of aryl methyl sites for hydroxylation is 1. The van der Waals surface area contributed by atoms with Crippen molar-refractivity contribution in [3.8, 4) is 17.1 Å². The van der Waals surface area contributed by atoms with Crippen LogP contribution in [0.3, 0.4) is 0 Å². The van der Waals surface area contributed by atoms with Gasteiger partial charge >= 0.3 is 0 Å². The Bertz CT molecular complexity index is 1340. The molecule has 3 aromatic carbocycles. The van der Waals surface area contributed by atoms with Gasteiger partial charge in [0.1, 0.15) is 0 Å². The van der Waals surface area contributed by atoms with E-state index in [4.69, 9.17) is 23.2 Å². The molecule has 6 nitrogen and oxygen atoms in total. The minimum atomic E-state index is -0.270. The van der Waals surface area contributed by atoms with Gasteiger partial charge in [0.15, 0.2) is 11.0 Å². The number of hydrogen-bond acceptors (Lipinski definition) is 5. The fraction of sp³-hybridized carbons (Fsp3) is 0.120. The van der Waals surface area contributed by atoms with Crippen LogP contribution in [0.1, 0.15) is 18.1 Å². The Labute approximate surface area is 212 Å². The third-order valence-corrected chi connectivity index (χ3v) is 6.44. The van der Waals surface area contributed by atoms with E-state index in [-0.39, 0.29) is 11.7 Å². The van der Waals surface area contributed by atoms with Crippen LogP contribution < -0.4 is 5.43 Å². The van der Waals surface area contributed by atoms with Gasteiger partial charge in [-0.05, 0) is 38.1 Å². The minimum absolute atomic E-state index is 0.115. The number of rotatable bonds is 7. The van der Waals surface area contributed by atoms with Crippen LogP contribution in [0.15, 0.2) is 83.1 Å². The van der Waals surface area contributed by atoms with Gasteiger partial charge in [-0.2, -0.15) is 5.10 Å². The van der Waals surface area contributed by atoms with E-state index in [1.165, 1.54) is 11.8 Å². The summed E-state index contributed by atoms with van der Waals surface area (Å²) >= 11 is 13.4. The number of para-hydroxylation sites is 1. The second kappa shape index (κ2) is 10.9. The molecule has 4 aromatic rings. The van der Waals surface area contributed by atoms with Gasteiger partial charge < -0.3 is 0 Å². The molecule has 0 aliphatic carbocycles. The monoisotopic (exact) mass is 509 g/mol. The summed E-state index contributed by atoms with van der Waals surface area (Å²) in [6, 6.07) is 23.0. The molecule has 1 amide bonds. The van der Waals surface area contributed by atoms with Gasteiger partial charge in [0.25, 0.3) is 5.91 Å². The molecular formula is C25H21Cl2N5OS. The molecule has 0 saturated heterocycles. The van der Waals surface area contributed by atoms with Crippen molar-refractivity contribution in [1.82, 2.24) is 20.2 Å². The predicted octanol–water partition coefficient (Wildman–Crippen LogP) is 6.18. The molecule has 4 rings (SSSR count). The van der Waals surface area contributed by atoms with Gasteiger partial charge in [0, 0.05) is 21.8 Å². The van der Waals surface area contributed by atoms with Gasteiger partial charge in [-0.25, -0.2) is 5.43 Å². The molecule has 0 fully saturated rings. The van der Waals surface area contributed by atoms with E-state index in [1.807, 2.05) is 66.1 Å². The zero-order valence-corrected chi connectivity index (χ0v) is 20.8. The van der Waals surface area contributed by atoms with E-state index in [9.17, 15) is 4.79 Å². The summed E-state index contributed by atoms with van der Waals surface area (Å²) in [6.45, 7) is 3.80. The Morgan fingerprint density at radius 1 is 1.03 bits per heavy atom. The molecule has 0 saturated carbocycles. The van der Waals surface area contributed by atoms with E-state index >= 15 is 0 Å². The molecule has 172 valence electrons. The van der Waals surface area contributed by atoms with Crippen LogP contribution in [-0.2, 0) is 4.79 Å². The second-order valence-electron chi connectivity index (χ2n) is 7.49. The molecular weight excluding hydrogens is 489 g/mol. The van der Waals surface area contributed by atoms with Crippen molar-refractivity contribution in [2.24, 2.45) is 5.10 Å². The first kappa shape index (κ1) is 24.0. The lowest BCUT2D eigenvalue weighted by Crippen LogP contribution is -2.21. The largest absolute Gasteiger partial charge is 0.272 e. The average Bonchev–Trinajstić information content (AvgIpc) is 3.26. The topological polar surface area (TPSA) is 72.2 Å². The number of halogens is 2. The maximum atomic E-state index is 12.5. The maximum Gasteiger partial charge on any atom is 0.250 e. The first-order valence-corrected chi connectivity index (χ1v) is 12.2. The number of thioether (sulfide) groups is 1. The third-order valence-electron chi connectivity index (χ3n) is 4.96. The Morgan fingerprint density at radius 2 is 1.76 bits per heavy atom. The fourth-order valence-electron chi connectivity index (χ4n) is 3.21. The highest BCUT2D eigenvalue weighted by Crippen LogP contribution is 2.28.